The van der Waals surface area contributed by atoms with E-state index in [0.717, 1.165) is 10.0 Å². The topological polar surface area (TPSA) is 76.2 Å². The summed E-state index contributed by atoms with van der Waals surface area (Å²) in [6.45, 7) is 3.94. The first-order valence-electron chi connectivity index (χ1n) is 7.37. The highest BCUT2D eigenvalue weighted by Crippen LogP contribution is 2.36. The summed E-state index contributed by atoms with van der Waals surface area (Å²) in [5, 5.41) is 18.2. The summed E-state index contributed by atoms with van der Waals surface area (Å²) in [5.41, 5.74) is 0.965. The van der Waals surface area contributed by atoms with E-state index in [0.29, 0.717) is 30.2 Å². The number of hydrogen-bond acceptors (Lipinski definition) is 5. The first-order chi connectivity index (χ1) is 10.9. The van der Waals surface area contributed by atoms with Crippen LogP contribution in [0.1, 0.15) is 32.6 Å². The summed E-state index contributed by atoms with van der Waals surface area (Å²) >= 11 is 3.44. The summed E-state index contributed by atoms with van der Waals surface area (Å²) in [7, 11) is 0. The highest BCUT2D eigenvalue weighted by molar-refractivity contribution is 9.10. The molecule has 1 heterocycles. The number of ketones is 1. The van der Waals surface area contributed by atoms with Crippen LogP contribution in [-0.2, 0) is 11.2 Å². The zero-order valence-electron chi connectivity index (χ0n) is 13.0. The fourth-order valence-corrected chi connectivity index (χ4v) is 3.20. The molecule has 0 amide bonds. The Hall–Kier alpha value is -1.95. The molecule has 2 aromatic rings. The van der Waals surface area contributed by atoms with Crippen LogP contribution in [0, 0.1) is 5.41 Å². The molecule has 120 valence electrons. The van der Waals surface area contributed by atoms with Crippen LogP contribution in [0.2, 0.25) is 0 Å². The number of aromatic nitrogens is 2. The van der Waals surface area contributed by atoms with E-state index in [9.17, 15) is 9.90 Å². The van der Waals surface area contributed by atoms with Gasteiger partial charge in [-0.05, 0) is 33.5 Å². The number of nitrogens with zero attached hydrogens (tertiary/aromatic N) is 2. The van der Waals surface area contributed by atoms with E-state index in [1.54, 1.807) is 0 Å². The molecule has 1 aromatic carbocycles. The Morgan fingerprint density at radius 2 is 2.00 bits per heavy atom. The second-order valence-corrected chi connectivity index (χ2v) is 7.38. The summed E-state index contributed by atoms with van der Waals surface area (Å²) < 4.78 is 6.51. The van der Waals surface area contributed by atoms with E-state index in [2.05, 4.69) is 26.1 Å². The number of aliphatic hydroxyl groups excluding tert-OH is 1. The molecule has 5 nitrogen and oxygen atoms in total. The van der Waals surface area contributed by atoms with Gasteiger partial charge in [-0.2, -0.15) is 0 Å². The van der Waals surface area contributed by atoms with Crippen molar-refractivity contribution in [1.82, 2.24) is 10.2 Å². The molecular weight excluding hydrogens is 360 g/mol. The maximum atomic E-state index is 12.2. The minimum atomic E-state index is -0.209. The molecule has 0 fully saturated rings. The zero-order chi connectivity index (χ0) is 16.6. The Bertz CT molecular complexity index is 793. The summed E-state index contributed by atoms with van der Waals surface area (Å²) in [6, 6.07) is 7.54. The monoisotopic (exact) mass is 376 g/mol. The molecule has 3 rings (SSSR count). The molecule has 1 aromatic heterocycles. The van der Waals surface area contributed by atoms with Crippen molar-refractivity contribution in [3.05, 3.63) is 46.0 Å². The average molecular weight is 377 g/mol. The normalized spacial score (nSPS) is 17.6. The lowest BCUT2D eigenvalue weighted by Crippen LogP contribution is -2.26. The number of rotatable bonds is 3. The predicted molar refractivity (Wildman–Crippen MR) is 88.8 cm³/mol. The van der Waals surface area contributed by atoms with Gasteiger partial charge in [-0.15, -0.1) is 10.2 Å². The number of carbonyl (C=O) groups excluding carboxylic acids is 1. The Morgan fingerprint density at radius 1 is 1.26 bits per heavy atom. The predicted octanol–water partition coefficient (Wildman–Crippen LogP) is 4.24. The van der Waals surface area contributed by atoms with Gasteiger partial charge in [0.05, 0.1) is 12.0 Å². The molecule has 23 heavy (non-hydrogen) atoms. The molecular formula is C17H17BrN2O3. The molecule has 0 unspecified atom stereocenters. The second-order valence-electron chi connectivity index (χ2n) is 6.52. The highest BCUT2D eigenvalue weighted by Gasteiger charge is 2.33. The van der Waals surface area contributed by atoms with Crippen LogP contribution in [0.4, 0.5) is 0 Å². The standard InChI is InChI=1S/C17H17BrN2O3/c1-17(2)8-13(21)11(14(22)9-17)7-15-19-20-16(23-15)10-5-3-4-6-12(10)18/h3-6,21H,7-9H2,1-2H3. The number of benzene rings is 1. The third-order valence-corrected chi connectivity index (χ3v) is 4.56. The third-order valence-electron chi connectivity index (χ3n) is 3.87. The van der Waals surface area contributed by atoms with Gasteiger partial charge in [0, 0.05) is 22.9 Å². The molecule has 0 spiro atoms. The van der Waals surface area contributed by atoms with Crippen LogP contribution >= 0.6 is 15.9 Å². The third kappa shape index (κ3) is 3.37. The van der Waals surface area contributed by atoms with Crippen LogP contribution in [0.15, 0.2) is 44.5 Å². The molecule has 1 N–H and O–H groups in total. The maximum absolute atomic E-state index is 12.2. The van der Waals surface area contributed by atoms with Gasteiger partial charge in [0.1, 0.15) is 5.76 Å². The van der Waals surface area contributed by atoms with Gasteiger partial charge >= 0.3 is 0 Å². The van der Waals surface area contributed by atoms with Crippen LogP contribution in [-0.4, -0.2) is 21.1 Å². The number of hydrogen-bond donors (Lipinski definition) is 1. The number of halogens is 1. The molecule has 0 saturated heterocycles. The fourth-order valence-electron chi connectivity index (χ4n) is 2.75. The summed E-state index contributed by atoms with van der Waals surface area (Å²) in [6.07, 6.45) is 1.06. The van der Waals surface area contributed by atoms with Crippen LogP contribution in [0.25, 0.3) is 11.5 Å². The minimum Gasteiger partial charge on any atom is -0.512 e. The van der Waals surface area contributed by atoms with Gasteiger partial charge < -0.3 is 9.52 Å². The SMILES string of the molecule is CC1(C)CC(=O)C(Cc2nnc(-c3ccccc3Br)o2)=C(O)C1. The van der Waals surface area contributed by atoms with Crippen molar-refractivity contribution in [2.45, 2.75) is 33.1 Å². The van der Waals surface area contributed by atoms with Gasteiger partial charge in [0.25, 0.3) is 0 Å². The molecule has 0 aliphatic heterocycles. The highest BCUT2D eigenvalue weighted by atomic mass is 79.9. The van der Waals surface area contributed by atoms with Gasteiger partial charge in [-0.25, -0.2) is 0 Å². The fraction of sp³-hybridized carbons (Fsp3) is 0.353. The second kappa shape index (κ2) is 5.92. The summed E-state index contributed by atoms with van der Waals surface area (Å²) in [4.78, 5) is 12.2. The van der Waals surface area contributed by atoms with Crippen molar-refractivity contribution in [3.63, 3.8) is 0 Å². The number of allylic oxidation sites excluding steroid dienone is 2. The largest absolute Gasteiger partial charge is 0.512 e. The molecule has 6 heteroatoms. The molecule has 1 aliphatic rings. The van der Waals surface area contributed by atoms with Gasteiger partial charge in [0.2, 0.25) is 11.8 Å². The van der Waals surface area contributed by atoms with Gasteiger partial charge in [-0.3, -0.25) is 4.79 Å². The van der Waals surface area contributed by atoms with Crippen molar-refractivity contribution in [1.29, 1.82) is 0 Å². The van der Waals surface area contributed by atoms with E-state index in [1.807, 2.05) is 38.1 Å². The molecule has 0 saturated carbocycles. The lowest BCUT2D eigenvalue weighted by molar-refractivity contribution is -0.118. The van der Waals surface area contributed by atoms with Crippen molar-refractivity contribution in [2.75, 3.05) is 0 Å². The van der Waals surface area contributed by atoms with E-state index in [1.165, 1.54) is 0 Å². The van der Waals surface area contributed by atoms with Crippen molar-refractivity contribution < 1.29 is 14.3 Å². The Balaban J connectivity index is 1.85. The van der Waals surface area contributed by atoms with E-state index in [4.69, 9.17) is 4.42 Å². The molecule has 0 bridgehead atoms. The number of Topliss-reactive ketones (excluding diaryl/α,β-unsaturated/α-hetero) is 1. The lowest BCUT2D eigenvalue weighted by Gasteiger charge is -2.29. The van der Waals surface area contributed by atoms with Crippen molar-refractivity contribution in [3.8, 4) is 11.5 Å². The first-order valence-corrected chi connectivity index (χ1v) is 8.16. The number of carbonyl (C=O) groups is 1. The van der Waals surface area contributed by atoms with Crippen LogP contribution in [0.5, 0.6) is 0 Å². The van der Waals surface area contributed by atoms with Crippen molar-refractivity contribution in [2.24, 2.45) is 5.41 Å². The van der Waals surface area contributed by atoms with E-state index in [-0.39, 0.29) is 23.4 Å². The van der Waals surface area contributed by atoms with Crippen LogP contribution in [0.3, 0.4) is 0 Å². The molecule has 1 aliphatic carbocycles. The van der Waals surface area contributed by atoms with Gasteiger partial charge in [-0.1, -0.05) is 26.0 Å². The Morgan fingerprint density at radius 3 is 2.70 bits per heavy atom. The van der Waals surface area contributed by atoms with E-state index < -0.39 is 0 Å². The maximum Gasteiger partial charge on any atom is 0.248 e. The average Bonchev–Trinajstić information content (AvgIpc) is 2.91. The zero-order valence-corrected chi connectivity index (χ0v) is 14.6. The Labute approximate surface area is 142 Å². The minimum absolute atomic E-state index is 0.0561. The number of aliphatic hydroxyl groups is 1. The summed E-state index contributed by atoms with van der Waals surface area (Å²) in [5.74, 6) is 0.785. The Kier molecular flexibility index (Phi) is 4.10. The molecule has 0 radical (unpaired) electrons. The lowest BCUT2D eigenvalue weighted by atomic mass is 9.76. The smallest absolute Gasteiger partial charge is 0.248 e. The van der Waals surface area contributed by atoms with Crippen LogP contribution < -0.4 is 0 Å². The van der Waals surface area contributed by atoms with E-state index >= 15 is 0 Å². The van der Waals surface area contributed by atoms with Gasteiger partial charge in [0.15, 0.2) is 5.78 Å². The first kappa shape index (κ1) is 15.9. The quantitative estimate of drug-likeness (QED) is 0.866. The molecule has 0 atom stereocenters. The van der Waals surface area contributed by atoms with Crippen molar-refractivity contribution >= 4 is 21.7 Å².